The first-order chi connectivity index (χ1) is 14.7. The lowest BCUT2D eigenvalue weighted by Gasteiger charge is -2.26. The summed E-state index contributed by atoms with van der Waals surface area (Å²) in [6.07, 6.45) is -0.129. The molecule has 0 aromatic heterocycles. The van der Waals surface area contributed by atoms with Gasteiger partial charge in [-0.3, -0.25) is 4.79 Å². The zero-order valence-corrected chi connectivity index (χ0v) is 18.5. The second-order valence-electron chi connectivity index (χ2n) is 7.03. The van der Waals surface area contributed by atoms with E-state index in [1.54, 1.807) is 24.3 Å². The van der Waals surface area contributed by atoms with Crippen molar-refractivity contribution in [1.29, 1.82) is 0 Å². The van der Waals surface area contributed by atoms with Crippen LogP contribution < -0.4 is 5.73 Å². The van der Waals surface area contributed by atoms with Gasteiger partial charge in [-0.15, -0.1) is 0 Å². The normalized spacial score (nSPS) is 15.8. The fourth-order valence-electron chi connectivity index (χ4n) is 3.17. The fraction of sp³-hybridized carbons (Fsp3) is 0.350. The topological polar surface area (TPSA) is 127 Å². The lowest BCUT2D eigenvalue weighted by molar-refractivity contribution is -0.118. The van der Waals surface area contributed by atoms with Crippen LogP contribution in [0.15, 0.2) is 64.4 Å². The van der Waals surface area contributed by atoms with Crippen LogP contribution >= 0.6 is 0 Å². The summed E-state index contributed by atoms with van der Waals surface area (Å²) >= 11 is 0. The van der Waals surface area contributed by atoms with Crippen LogP contribution in [0.1, 0.15) is 12.0 Å². The van der Waals surface area contributed by atoms with Gasteiger partial charge in [0.15, 0.2) is 0 Å². The molecule has 2 N–H and O–H groups in total. The van der Waals surface area contributed by atoms with Gasteiger partial charge in [-0.2, -0.15) is 8.61 Å². The first-order valence-corrected chi connectivity index (χ1v) is 12.6. The summed E-state index contributed by atoms with van der Waals surface area (Å²) in [6.45, 7) is 1.12. The molecule has 1 saturated heterocycles. The molecule has 2 aromatic rings. The summed E-state index contributed by atoms with van der Waals surface area (Å²) in [5.74, 6) is -0.611. The molecular weight excluding hydrogens is 442 g/mol. The summed E-state index contributed by atoms with van der Waals surface area (Å²) in [5, 5.41) is 0. The highest BCUT2D eigenvalue weighted by Gasteiger charge is 2.28. The maximum Gasteiger partial charge on any atom is 0.243 e. The zero-order chi connectivity index (χ0) is 22.5. The van der Waals surface area contributed by atoms with Gasteiger partial charge in [-0.05, 0) is 29.8 Å². The van der Waals surface area contributed by atoms with Crippen LogP contribution in [0.25, 0.3) is 0 Å². The number of sulfonamides is 2. The molecule has 3 rings (SSSR count). The highest BCUT2D eigenvalue weighted by Crippen LogP contribution is 2.23. The van der Waals surface area contributed by atoms with E-state index in [1.165, 1.54) is 32.9 Å². The van der Waals surface area contributed by atoms with E-state index < -0.39 is 26.0 Å². The van der Waals surface area contributed by atoms with Crippen LogP contribution in [0.5, 0.6) is 0 Å². The number of rotatable bonds is 9. The third-order valence-electron chi connectivity index (χ3n) is 4.88. The number of primary amides is 1. The number of carbonyl (C=O) groups excluding carboxylic acids is 1. The second kappa shape index (κ2) is 9.88. The van der Waals surface area contributed by atoms with E-state index in [1.807, 2.05) is 6.07 Å². The maximum absolute atomic E-state index is 13.2. The van der Waals surface area contributed by atoms with E-state index in [-0.39, 0.29) is 42.4 Å². The molecule has 2 aromatic carbocycles. The van der Waals surface area contributed by atoms with Crippen molar-refractivity contribution in [3.8, 4) is 0 Å². The molecular formula is C20H25N3O6S2. The number of amides is 1. The smallest absolute Gasteiger partial charge is 0.243 e. The van der Waals surface area contributed by atoms with E-state index in [0.717, 1.165) is 5.56 Å². The first kappa shape index (κ1) is 23.4. The van der Waals surface area contributed by atoms with Gasteiger partial charge in [-0.1, -0.05) is 30.3 Å². The van der Waals surface area contributed by atoms with Crippen LogP contribution in [0.2, 0.25) is 0 Å². The number of hydrogen-bond acceptors (Lipinski definition) is 6. The van der Waals surface area contributed by atoms with Gasteiger partial charge in [0.1, 0.15) is 0 Å². The van der Waals surface area contributed by atoms with E-state index >= 15 is 0 Å². The number of carbonyl (C=O) groups is 1. The molecule has 0 saturated carbocycles. The highest BCUT2D eigenvalue weighted by atomic mass is 32.2. The number of hydrogen-bond donors (Lipinski definition) is 1. The Hall–Kier alpha value is -2.31. The Morgan fingerprint density at radius 3 is 2.10 bits per heavy atom. The third-order valence-corrected chi connectivity index (χ3v) is 8.65. The molecule has 9 nitrogen and oxygen atoms in total. The average molecular weight is 468 g/mol. The van der Waals surface area contributed by atoms with Gasteiger partial charge in [0, 0.05) is 32.6 Å². The van der Waals surface area contributed by atoms with Crippen molar-refractivity contribution in [1.82, 2.24) is 8.61 Å². The number of nitrogens with zero attached hydrogens (tertiary/aromatic N) is 2. The first-order valence-electron chi connectivity index (χ1n) is 9.71. The van der Waals surface area contributed by atoms with Gasteiger partial charge in [-0.25, -0.2) is 16.8 Å². The van der Waals surface area contributed by atoms with Crippen molar-refractivity contribution in [2.24, 2.45) is 5.73 Å². The summed E-state index contributed by atoms with van der Waals surface area (Å²) in [6, 6.07) is 14.1. The summed E-state index contributed by atoms with van der Waals surface area (Å²) in [5.41, 5.74) is 5.97. The fourth-order valence-corrected chi connectivity index (χ4v) is 6.01. The van der Waals surface area contributed by atoms with Crippen LogP contribution in [-0.4, -0.2) is 64.2 Å². The molecule has 0 radical (unpaired) electrons. The largest absolute Gasteiger partial charge is 0.379 e. The minimum absolute atomic E-state index is 0.0140. The number of ether oxygens (including phenoxy) is 1. The highest BCUT2D eigenvalue weighted by molar-refractivity contribution is 7.89. The molecule has 168 valence electrons. The van der Waals surface area contributed by atoms with Gasteiger partial charge in [0.25, 0.3) is 0 Å². The van der Waals surface area contributed by atoms with E-state index in [4.69, 9.17) is 10.5 Å². The molecule has 1 fully saturated rings. The van der Waals surface area contributed by atoms with Crippen molar-refractivity contribution in [3.05, 3.63) is 60.2 Å². The molecule has 31 heavy (non-hydrogen) atoms. The summed E-state index contributed by atoms with van der Waals surface area (Å²) in [4.78, 5) is 11.2. The summed E-state index contributed by atoms with van der Waals surface area (Å²) < 4.78 is 59.6. The number of morpholine rings is 1. The average Bonchev–Trinajstić information content (AvgIpc) is 2.77. The van der Waals surface area contributed by atoms with Gasteiger partial charge >= 0.3 is 0 Å². The molecule has 0 atom stereocenters. The molecule has 1 aliphatic heterocycles. The molecule has 1 aliphatic rings. The predicted molar refractivity (Wildman–Crippen MR) is 114 cm³/mol. The number of benzene rings is 2. The Morgan fingerprint density at radius 2 is 1.52 bits per heavy atom. The Kier molecular flexibility index (Phi) is 7.44. The lowest BCUT2D eigenvalue weighted by atomic mass is 10.2. The monoisotopic (exact) mass is 467 g/mol. The molecule has 0 aliphatic carbocycles. The summed E-state index contributed by atoms with van der Waals surface area (Å²) in [7, 11) is -7.72. The predicted octanol–water partition coefficient (Wildman–Crippen LogP) is 0.774. The Bertz CT molecular complexity index is 1100. The minimum atomic E-state index is -3.98. The molecule has 0 unspecified atom stereocenters. The number of nitrogens with two attached hydrogens (primary N) is 1. The second-order valence-corrected chi connectivity index (χ2v) is 10.9. The Morgan fingerprint density at radius 1 is 0.935 bits per heavy atom. The Labute approximate surface area is 182 Å². The maximum atomic E-state index is 13.2. The lowest BCUT2D eigenvalue weighted by Crippen LogP contribution is -2.40. The van der Waals surface area contributed by atoms with E-state index in [0.29, 0.717) is 13.2 Å². The van der Waals surface area contributed by atoms with Crippen molar-refractivity contribution in [2.75, 3.05) is 32.8 Å². The molecule has 11 heteroatoms. The molecule has 1 amide bonds. The van der Waals surface area contributed by atoms with Crippen LogP contribution in [0.3, 0.4) is 0 Å². The van der Waals surface area contributed by atoms with E-state index in [9.17, 15) is 21.6 Å². The van der Waals surface area contributed by atoms with Crippen molar-refractivity contribution < 1.29 is 26.4 Å². The zero-order valence-electron chi connectivity index (χ0n) is 16.9. The van der Waals surface area contributed by atoms with Crippen molar-refractivity contribution >= 4 is 26.0 Å². The standard InChI is InChI=1S/C20H25N3O6S2/c21-20(24)10-11-23(16-17-4-2-1-3-5-17)31(27,28)19-8-6-18(7-9-19)30(25,26)22-12-14-29-15-13-22/h1-9H,10-16H2,(H2,21,24). The van der Waals surface area contributed by atoms with E-state index in [2.05, 4.69) is 0 Å². The molecule has 0 spiro atoms. The van der Waals surface area contributed by atoms with Crippen LogP contribution in [-0.2, 0) is 36.1 Å². The van der Waals surface area contributed by atoms with Crippen LogP contribution in [0, 0.1) is 0 Å². The SMILES string of the molecule is NC(=O)CCN(Cc1ccccc1)S(=O)(=O)c1ccc(S(=O)(=O)N2CCOCC2)cc1. The van der Waals surface area contributed by atoms with Crippen molar-refractivity contribution in [2.45, 2.75) is 22.8 Å². The quantitative estimate of drug-likeness (QED) is 0.580. The van der Waals surface area contributed by atoms with Gasteiger partial charge in [0.05, 0.1) is 23.0 Å². The van der Waals surface area contributed by atoms with Gasteiger partial charge < -0.3 is 10.5 Å². The molecule has 0 bridgehead atoms. The minimum Gasteiger partial charge on any atom is -0.379 e. The Balaban J connectivity index is 1.86. The van der Waals surface area contributed by atoms with Crippen molar-refractivity contribution in [3.63, 3.8) is 0 Å². The van der Waals surface area contributed by atoms with Crippen LogP contribution in [0.4, 0.5) is 0 Å². The molecule has 1 heterocycles. The third kappa shape index (κ3) is 5.69. The van der Waals surface area contributed by atoms with Gasteiger partial charge in [0.2, 0.25) is 26.0 Å².